The van der Waals surface area contributed by atoms with Gasteiger partial charge >= 0.3 is 7.12 Å². The molecule has 0 amide bonds. The van der Waals surface area contributed by atoms with Crippen molar-refractivity contribution in [3.8, 4) is 22.3 Å². The number of hydrogen-bond acceptors (Lipinski definition) is 3. The summed E-state index contributed by atoms with van der Waals surface area (Å²) < 4.78 is 12.2. The van der Waals surface area contributed by atoms with E-state index in [0.29, 0.717) is 0 Å². The molecule has 2 N–H and O–H groups in total. The molecule has 2 unspecified atom stereocenters. The Labute approximate surface area is 259 Å². The Kier molecular flexibility index (Phi) is 10.2. The van der Waals surface area contributed by atoms with Crippen LogP contribution in [0.5, 0.6) is 0 Å². The molecule has 0 saturated carbocycles. The van der Waals surface area contributed by atoms with Gasteiger partial charge in [-0.1, -0.05) is 57.0 Å². The zero-order valence-electron chi connectivity index (χ0n) is 19.7. The van der Waals surface area contributed by atoms with Crippen LogP contribution in [0.3, 0.4) is 0 Å². The minimum absolute atomic E-state index is 0. The Bertz CT molecular complexity index is 1100. The van der Waals surface area contributed by atoms with Crippen LogP contribution in [0.2, 0.25) is 0 Å². The van der Waals surface area contributed by atoms with Gasteiger partial charge in [-0.3, -0.25) is 0 Å². The molecule has 32 heavy (non-hydrogen) atoms. The standard InChI is InChI=1S/C26H28BNO2.2Pr/c1-16-10-11-24(19(4)12-16)21-13-22(25-17(2)8-7-9-18(25)3)15-23(14-21)27-29-20(5)26(6,28)30-27;;/h8-10,12-15,20H,28H2,1-6H3;;/q-2;;. The van der Waals surface area contributed by atoms with Crippen LogP contribution in [0, 0.1) is 122 Å². The van der Waals surface area contributed by atoms with E-state index in [0.717, 1.165) is 22.2 Å². The van der Waals surface area contributed by atoms with E-state index in [1.165, 1.54) is 27.8 Å². The number of rotatable bonds is 3. The predicted molar refractivity (Wildman–Crippen MR) is 124 cm³/mol. The smallest absolute Gasteiger partial charge is 0.400 e. The van der Waals surface area contributed by atoms with Gasteiger partial charge in [-0.05, 0) is 19.3 Å². The topological polar surface area (TPSA) is 44.5 Å². The van der Waals surface area contributed by atoms with E-state index in [2.05, 4.69) is 64.1 Å². The van der Waals surface area contributed by atoms with Gasteiger partial charge in [0.05, 0.1) is 6.10 Å². The molecular formula is C26H28BNO2Pr2-2. The molecule has 0 bridgehead atoms. The van der Waals surface area contributed by atoms with Gasteiger partial charge in [0.1, 0.15) is 5.72 Å². The van der Waals surface area contributed by atoms with Gasteiger partial charge in [0.25, 0.3) is 0 Å². The fourth-order valence-electron chi connectivity index (χ4n) is 4.17. The van der Waals surface area contributed by atoms with Crippen LogP contribution in [0.15, 0.2) is 42.5 Å². The van der Waals surface area contributed by atoms with Crippen molar-refractivity contribution < 1.29 is 91.9 Å². The van der Waals surface area contributed by atoms with E-state index in [-0.39, 0.29) is 88.7 Å². The van der Waals surface area contributed by atoms with E-state index < -0.39 is 12.8 Å². The molecule has 1 fully saturated rings. The van der Waals surface area contributed by atoms with E-state index in [1.54, 1.807) is 0 Å². The fourth-order valence-corrected chi connectivity index (χ4v) is 4.17. The first-order valence-corrected chi connectivity index (χ1v) is 10.4. The SMILES string of the molecule is Cc1c[c-]c(-c2cc(B3OC(C)C(C)(N)O3)cc(-c3c(C)c[c-]cc3C)c2)c(C)c1.[Pr].[Pr]. The number of benzene rings is 3. The summed E-state index contributed by atoms with van der Waals surface area (Å²) in [6.07, 6.45) is -0.197. The number of hydrogen-bond donors (Lipinski definition) is 1. The van der Waals surface area contributed by atoms with E-state index in [9.17, 15) is 0 Å². The second-order valence-corrected chi connectivity index (χ2v) is 8.69. The maximum absolute atomic E-state index is 6.28. The largest absolute Gasteiger partial charge is 0.494 e. The summed E-state index contributed by atoms with van der Waals surface area (Å²) in [4.78, 5) is 0. The summed E-state index contributed by atoms with van der Waals surface area (Å²) in [5, 5.41) is 0. The number of aryl methyl sites for hydroxylation is 4. The van der Waals surface area contributed by atoms with Crippen molar-refractivity contribution in [1.29, 1.82) is 0 Å². The van der Waals surface area contributed by atoms with Crippen molar-refractivity contribution in [2.75, 3.05) is 0 Å². The van der Waals surface area contributed by atoms with E-state index >= 15 is 0 Å². The third-order valence-electron chi connectivity index (χ3n) is 5.97. The third kappa shape index (κ3) is 5.93. The maximum Gasteiger partial charge on any atom is 0.494 e. The zero-order chi connectivity index (χ0) is 21.6. The first-order chi connectivity index (χ1) is 14.2. The molecule has 3 aromatic carbocycles. The van der Waals surface area contributed by atoms with Crippen LogP contribution in [-0.4, -0.2) is 18.9 Å². The molecule has 2 atom stereocenters. The van der Waals surface area contributed by atoms with Crippen molar-refractivity contribution in [3.05, 3.63) is 76.9 Å². The fraction of sp³-hybridized carbons (Fsp3) is 0.308. The molecule has 1 saturated heterocycles. The average Bonchev–Trinajstić information content (AvgIpc) is 2.94. The Hall–Kier alpha value is 0.332. The van der Waals surface area contributed by atoms with Gasteiger partial charge in [-0.25, -0.2) is 0 Å². The average molecular weight is 679 g/mol. The molecule has 3 nitrogen and oxygen atoms in total. The molecule has 4 rings (SSSR count). The van der Waals surface area contributed by atoms with Crippen molar-refractivity contribution in [2.45, 2.75) is 53.4 Å². The van der Waals surface area contributed by atoms with Crippen molar-refractivity contribution in [1.82, 2.24) is 0 Å². The minimum Gasteiger partial charge on any atom is -0.400 e. The Morgan fingerprint density at radius 1 is 0.906 bits per heavy atom. The summed E-state index contributed by atoms with van der Waals surface area (Å²) in [6, 6.07) is 21.5. The van der Waals surface area contributed by atoms with Crippen LogP contribution in [0.1, 0.15) is 36.1 Å². The molecule has 0 aliphatic carbocycles. The molecule has 6 heteroatoms. The Balaban J connectivity index is 0.00000181. The summed E-state index contributed by atoms with van der Waals surface area (Å²) in [5.74, 6) is 0. The van der Waals surface area contributed by atoms with Crippen LogP contribution in [0.4, 0.5) is 0 Å². The molecule has 2 radical (unpaired) electrons. The molecule has 1 aliphatic rings. The summed E-state index contributed by atoms with van der Waals surface area (Å²) >= 11 is 0. The second kappa shape index (κ2) is 11.4. The quantitative estimate of drug-likeness (QED) is 0.324. The van der Waals surface area contributed by atoms with Gasteiger partial charge in [0, 0.05) is 82.6 Å². The molecule has 0 aromatic heterocycles. The molecular weight excluding hydrogens is 651 g/mol. The molecule has 3 aromatic rings. The Morgan fingerprint density at radius 2 is 1.53 bits per heavy atom. The van der Waals surface area contributed by atoms with E-state index in [4.69, 9.17) is 15.0 Å². The molecule has 160 valence electrons. The second-order valence-electron chi connectivity index (χ2n) is 8.69. The van der Waals surface area contributed by atoms with Gasteiger partial charge in [-0.2, -0.15) is 29.3 Å². The first-order valence-electron chi connectivity index (χ1n) is 10.4. The van der Waals surface area contributed by atoms with Crippen LogP contribution in [-0.2, 0) is 9.31 Å². The summed E-state index contributed by atoms with van der Waals surface area (Å²) in [7, 11) is -0.504. The summed E-state index contributed by atoms with van der Waals surface area (Å²) in [5.41, 5.74) is 15.7. The van der Waals surface area contributed by atoms with Crippen LogP contribution >= 0.6 is 0 Å². The summed E-state index contributed by atoms with van der Waals surface area (Å²) in [6.45, 7) is 12.3. The third-order valence-corrected chi connectivity index (χ3v) is 5.97. The molecule has 1 aliphatic heterocycles. The van der Waals surface area contributed by atoms with Gasteiger partial charge in [-0.15, -0.1) is 40.5 Å². The van der Waals surface area contributed by atoms with Crippen molar-refractivity contribution in [2.24, 2.45) is 5.73 Å². The van der Waals surface area contributed by atoms with Crippen molar-refractivity contribution >= 4 is 12.6 Å². The zero-order valence-corrected chi connectivity index (χ0v) is 27.2. The minimum atomic E-state index is -0.819. The Morgan fingerprint density at radius 3 is 2.09 bits per heavy atom. The van der Waals surface area contributed by atoms with Gasteiger partial charge < -0.3 is 15.0 Å². The first kappa shape index (κ1) is 28.6. The van der Waals surface area contributed by atoms with Gasteiger partial charge in [0.15, 0.2) is 0 Å². The monoisotopic (exact) mass is 679 g/mol. The molecule has 0 spiro atoms. The normalized spacial score (nSPS) is 20.0. The van der Waals surface area contributed by atoms with Crippen LogP contribution in [0.25, 0.3) is 22.3 Å². The molecule has 1 heterocycles. The number of nitrogens with two attached hydrogens (primary N) is 1. The van der Waals surface area contributed by atoms with E-state index in [1.807, 2.05) is 32.0 Å². The predicted octanol–water partition coefficient (Wildman–Crippen LogP) is 4.66. The maximum atomic E-state index is 6.28. The van der Waals surface area contributed by atoms with Gasteiger partial charge in [0.2, 0.25) is 0 Å². The van der Waals surface area contributed by atoms with Crippen LogP contribution < -0.4 is 11.2 Å². The van der Waals surface area contributed by atoms with Crippen molar-refractivity contribution in [3.63, 3.8) is 0 Å².